The predicted octanol–water partition coefficient (Wildman–Crippen LogP) is 2.62. The maximum Gasteiger partial charge on any atom is 0.240 e. The minimum Gasteiger partial charge on any atom is -0.378 e. The fourth-order valence-corrected chi connectivity index (χ4v) is 3.89. The minimum atomic E-state index is -3.51. The third kappa shape index (κ3) is 4.39. The highest BCUT2D eigenvalue weighted by atomic mass is 32.2. The molecule has 25 heavy (non-hydrogen) atoms. The minimum absolute atomic E-state index is 0.276. The SMILES string of the molecule is Cc1ccc(S(=O)(=O)NCc2ccc(N3CCOCC3)cc2)cc1C. The number of hydrogen-bond donors (Lipinski definition) is 1. The van der Waals surface area contributed by atoms with Crippen LogP contribution in [0.2, 0.25) is 0 Å². The van der Waals surface area contributed by atoms with Crippen LogP contribution in [-0.2, 0) is 21.3 Å². The van der Waals surface area contributed by atoms with Crippen molar-refractivity contribution in [3.63, 3.8) is 0 Å². The van der Waals surface area contributed by atoms with Crippen molar-refractivity contribution in [3.8, 4) is 0 Å². The first-order valence-electron chi connectivity index (χ1n) is 8.44. The van der Waals surface area contributed by atoms with E-state index >= 15 is 0 Å². The van der Waals surface area contributed by atoms with Crippen molar-refractivity contribution in [2.24, 2.45) is 0 Å². The number of nitrogens with one attached hydrogen (secondary N) is 1. The molecule has 1 saturated heterocycles. The second kappa shape index (κ2) is 7.56. The van der Waals surface area contributed by atoms with Gasteiger partial charge in [0.25, 0.3) is 0 Å². The van der Waals surface area contributed by atoms with E-state index in [4.69, 9.17) is 4.74 Å². The first-order chi connectivity index (χ1) is 12.0. The van der Waals surface area contributed by atoms with E-state index in [1.807, 2.05) is 44.2 Å². The average molecular weight is 360 g/mol. The third-order valence-electron chi connectivity index (χ3n) is 4.57. The van der Waals surface area contributed by atoms with Gasteiger partial charge >= 0.3 is 0 Å². The van der Waals surface area contributed by atoms with Crippen molar-refractivity contribution in [3.05, 3.63) is 59.2 Å². The molecule has 2 aromatic rings. The molecular formula is C19H24N2O3S. The topological polar surface area (TPSA) is 58.6 Å². The van der Waals surface area contributed by atoms with Crippen molar-refractivity contribution in [1.82, 2.24) is 4.72 Å². The zero-order valence-corrected chi connectivity index (χ0v) is 15.5. The monoisotopic (exact) mass is 360 g/mol. The normalized spacial score (nSPS) is 15.4. The molecule has 0 saturated carbocycles. The number of nitrogens with zero attached hydrogens (tertiary/aromatic N) is 1. The smallest absolute Gasteiger partial charge is 0.240 e. The van der Waals surface area contributed by atoms with Crippen LogP contribution >= 0.6 is 0 Å². The van der Waals surface area contributed by atoms with Gasteiger partial charge in [-0.25, -0.2) is 13.1 Å². The molecule has 0 radical (unpaired) electrons. The lowest BCUT2D eigenvalue weighted by Crippen LogP contribution is -2.36. The third-order valence-corrected chi connectivity index (χ3v) is 5.97. The van der Waals surface area contributed by atoms with Crippen LogP contribution < -0.4 is 9.62 Å². The summed E-state index contributed by atoms with van der Waals surface area (Å²) in [6, 6.07) is 13.2. The number of rotatable bonds is 5. The van der Waals surface area contributed by atoms with E-state index in [-0.39, 0.29) is 6.54 Å². The van der Waals surface area contributed by atoms with Crippen LogP contribution in [0.15, 0.2) is 47.4 Å². The second-order valence-corrected chi connectivity index (χ2v) is 8.10. The number of morpholine rings is 1. The molecule has 134 valence electrons. The van der Waals surface area contributed by atoms with Gasteiger partial charge in [-0.1, -0.05) is 18.2 Å². The van der Waals surface area contributed by atoms with Crippen molar-refractivity contribution in [2.45, 2.75) is 25.3 Å². The van der Waals surface area contributed by atoms with Gasteiger partial charge in [0.15, 0.2) is 0 Å². The molecular weight excluding hydrogens is 336 g/mol. The molecule has 1 heterocycles. The summed E-state index contributed by atoms with van der Waals surface area (Å²) in [4.78, 5) is 2.58. The van der Waals surface area contributed by atoms with Gasteiger partial charge < -0.3 is 9.64 Å². The lowest BCUT2D eigenvalue weighted by atomic mass is 10.1. The van der Waals surface area contributed by atoms with Gasteiger partial charge in [0.2, 0.25) is 10.0 Å². The molecule has 1 fully saturated rings. The molecule has 0 unspecified atom stereocenters. The predicted molar refractivity (Wildman–Crippen MR) is 99.4 cm³/mol. The fourth-order valence-electron chi connectivity index (χ4n) is 2.79. The Bertz CT molecular complexity index is 826. The molecule has 3 rings (SSSR count). The zero-order chi connectivity index (χ0) is 17.9. The first-order valence-corrected chi connectivity index (χ1v) is 9.92. The number of anilines is 1. The lowest BCUT2D eigenvalue weighted by molar-refractivity contribution is 0.122. The van der Waals surface area contributed by atoms with E-state index in [0.717, 1.165) is 48.7 Å². The Morgan fingerprint density at radius 1 is 1.00 bits per heavy atom. The van der Waals surface area contributed by atoms with E-state index in [2.05, 4.69) is 9.62 Å². The molecule has 0 aliphatic carbocycles. The number of hydrogen-bond acceptors (Lipinski definition) is 4. The van der Waals surface area contributed by atoms with Crippen molar-refractivity contribution in [1.29, 1.82) is 0 Å². The Hall–Kier alpha value is -1.89. The van der Waals surface area contributed by atoms with E-state index in [9.17, 15) is 8.42 Å². The number of ether oxygens (including phenoxy) is 1. The Morgan fingerprint density at radius 2 is 1.68 bits per heavy atom. The van der Waals surface area contributed by atoms with Crippen LogP contribution in [0.3, 0.4) is 0 Å². The lowest BCUT2D eigenvalue weighted by Gasteiger charge is -2.28. The zero-order valence-electron chi connectivity index (χ0n) is 14.7. The molecule has 1 aliphatic heterocycles. The Balaban J connectivity index is 1.65. The molecule has 0 bridgehead atoms. The number of aryl methyl sites for hydroxylation is 2. The molecule has 1 N–H and O–H groups in total. The van der Waals surface area contributed by atoms with E-state index < -0.39 is 10.0 Å². The Kier molecular flexibility index (Phi) is 5.42. The van der Waals surface area contributed by atoms with Crippen molar-refractivity contribution < 1.29 is 13.2 Å². The van der Waals surface area contributed by atoms with Gasteiger partial charge in [0.1, 0.15) is 0 Å². The van der Waals surface area contributed by atoms with Crippen molar-refractivity contribution in [2.75, 3.05) is 31.2 Å². The summed E-state index contributed by atoms with van der Waals surface area (Å²) in [5.41, 5.74) is 4.13. The standard InChI is InChI=1S/C19H24N2O3S/c1-15-3-8-19(13-16(15)2)25(22,23)20-14-17-4-6-18(7-5-17)21-9-11-24-12-10-21/h3-8,13,20H,9-12,14H2,1-2H3. The molecule has 0 spiro atoms. The van der Waals surface area contributed by atoms with Crippen LogP contribution in [0.25, 0.3) is 0 Å². The summed E-state index contributed by atoms with van der Waals surface area (Å²) in [5.74, 6) is 0. The van der Waals surface area contributed by atoms with E-state index in [1.54, 1.807) is 12.1 Å². The van der Waals surface area contributed by atoms with Gasteiger partial charge in [-0.2, -0.15) is 0 Å². The first kappa shape index (κ1) is 17.9. The quantitative estimate of drug-likeness (QED) is 0.890. The maximum atomic E-state index is 12.5. The van der Waals surface area contributed by atoms with Gasteiger partial charge in [-0.3, -0.25) is 0 Å². The molecule has 0 atom stereocenters. The summed E-state index contributed by atoms with van der Waals surface area (Å²) in [7, 11) is -3.51. The van der Waals surface area contributed by atoms with Gasteiger partial charge in [-0.05, 0) is 54.8 Å². The summed E-state index contributed by atoms with van der Waals surface area (Å²) in [5, 5.41) is 0. The van der Waals surface area contributed by atoms with Crippen LogP contribution in [0.1, 0.15) is 16.7 Å². The van der Waals surface area contributed by atoms with Gasteiger partial charge in [0, 0.05) is 25.3 Å². The highest BCUT2D eigenvalue weighted by molar-refractivity contribution is 7.89. The number of benzene rings is 2. The van der Waals surface area contributed by atoms with Crippen LogP contribution in [-0.4, -0.2) is 34.7 Å². The average Bonchev–Trinajstić information content (AvgIpc) is 2.63. The molecule has 6 heteroatoms. The summed E-state index contributed by atoms with van der Waals surface area (Å²) in [6.07, 6.45) is 0. The molecule has 0 amide bonds. The fraction of sp³-hybridized carbons (Fsp3) is 0.368. The van der Waals surface area contributed by atoms with Crippen LogP contribution in [0.5, 0.6) is 0 Å². The summed E-state index contributed by atoms with van der Waals surface area (Å²) in [6.45, 7) is 7.43. The number of sulfonamides is 1. The van der Waals surface area contributed by atoms with Crippen molar-refractivity contribution >= 4 is 15.7 Å². The summed E-state index contributed by atoms with van der Waals surface area (Å²) >= 11 is 0. The molecule has 1 aliphatic rings. The Labute approximate surface area is 149 Å². The molecule has 0 aromatic heterocycles. The van der Waals surface area contributed by atoms with Crippen LogP contribution in [0, 0.1) is 13.8 Å². The van der Waals surface area contributed by atoms with E-state index in [1.165, 1.54) is 0 Å². The summed E-state index contributed by atoms with van der Waals surface area (Å²) < 4.78 is 32.9. The van der Waals surface area contributed by atoms with E-state index in [0.29, 0.717) is 4.90 Å². The molecule has 5 nitrogen and oxygen atoms in total. The van der Waals surface area contributed by atoms with Crippen LogP contribution in [0.4, 0.5) is 5.69 Å². The van der Waals surface area contributed by atoms with Gasteiger partial charge in [-0.15, -0.1) is 0 Å². The highest BCUT2D eigenvalue weighted by Gasteiger charge is 2.15. The highest BCUT2D eigenvalue weighted by Crippen LogP contribution is 2.18. The maximum absolute atomic E-state index is 12.5. The molecule has 2 aromatic carbocycles. The largest absolute Gasteiger partial charge is 0.378 e. The Morgan fingerprint density at radius 3 is 2.32 bits per heavy atom. The van der Waals surface area contributed by atoms with Gasteiger partial charge in [0.05, 0.1) is 18.1 Å². The second-order valence-electron chi connectivity index (χ2n) is 6.34.